The smallest absolute Gasteiger partial charge is 0.258 e. The summed E-state index contributed by atoms with van der Waals surface area (Å²) in [6.07, 6.45) is 0.979. The number of ether oxygens (including phenoxy) is 1. The van der Waals surface area contributed by atoms with Gasteiger partial charge in [-0.15, -0.1) is 0 Å². The minimum atomic E-state index is -0.479. The lowest BCUT2D eigenvalue weighted by atomic mass is 10.0. The molecule has 0 spiro atoms. The Kier molecular flexibility index (Phi) is 6.59. The minimum Gasteiger partial charge on any atom is -0.481 e. The number of carbonyl (C=O) groups excluding carboxylic acids is 1. The molecule has 0 unspecified atom stereocenters. The van der Waals surface area contributed by atoms with E-state index >= 15 is 0 Å². The van der Waals surface area contributed by atoms with E-state index < -0.39 is 5.82 Å². The molecule has 32 heavy (non-hydrogen) atoms. The molecule has 6 heteroatoms. The van der Waals surface area contributed by atoms with E-state index in [0.29, 0.717) is 6.54 Å². The lowest BCUT2D eigenvalue weighted by molar-refractivity contribution is -0.123. The van der Waals surface area contributed by atoms with Crippen LogP contribution in [0.2, 0.25) is 0 Å². The first-order chi connectivity index (χ1) is 15.5. The van der Waals surface area contributed by atoms with Crippen LogP contribution < -0.4 is 19.9 Å². The molecular formula is C26H28FN3O2. The Hall–Kier alpha value is -3.54. The van der Waals surface area contributed by atoms with Crippen LogP contribution in [0.25, 0.3) is 0 Å². The fourth-order valence-corrected chi connectivity index (χ4v) is 4.06. The molecule has 3 aromatic rings. The molecule has 1 aliphatic rings. The number of para-hydroxylation sites is 2. The summed E-state index contributed by atoms with van der Waals surface area (Å²) in [6.45, 7) is 1.08. The molecule has 1 heterocycles. The number of benzene rings is 3. The summed E-state index contributed by atoms with van der Waals surface area (Å²) in [6, 6.07) is 22.9. The van der Waals surface area contributed by atoms with Gasteiger partial charge in [0.1, 0.15) is 0 Å². The van der Waals surface area contributed by atoms with Crippen LogP contribution in [0.1, 0.15) is 17.2 Å². The van der Waals surface area contributed by atoms with Crippen molar-refractivity contribution in [1.29, 1.82) is 0 Å². The predicted molar refractivity (Wildman–Crippen MR) is 126 cm³/mol. The monoisotopic (exact) mass is 433 g/mol. The number of hydrogen-bond acceptors (Lipinski definition) is 4. The maximum atomic E-state index is 13.7. The van der Waals surface area contributed by atoms with Crippen molar-refractivity contribution in [1.82, 2.24) is 5.32 Å². The topological polar surface area (TPSA) is 44.8 Å². The average molecular weight is 434 g/mol. The van der Waals surface area contributed by atoms with Crippen LogP contribution in [-0.4, -0.2) is 39.7 Å². The number of nitrogens with one attached hydrogen (secondary N) is 1. The SMILES string of the molecule is CN(C)c1ccc([C@@H](CNC(=O)COc2ccccc2F)N2CCc3ccccc32)cc1. The Morgan fingerprint density at radius 2 is 1.78 bits per heavy atom. The van der Waals surface area contributed by atoms with Crippen molar-refractivity contribution >= 4 is 17.3 Å². The van der Waals surface area contributed by atoms with Gasteiger partial charge in [-0.1, -0.05) is 42.5 Å². The highest BCUT2D eigenvalue weighted by Gasteiger charge is 2.27. The lowest BCUT2D eigenvalue weighted by Gasteiger charge is -2.31. The zero-order chi connectivity index (χ0) is 22.5. The van der Waals surface area contributed by atoms with Crippen LogP contribution in [0.5, 0.6) is 5.75 Å². The first-order valence-corrected chi connectivity index (χ1v) is 10.8. The third-order valence-corrected chi connectivity index (χ3v) is 5.78. The van der Waals surface area contributed by atoms with Crippen molar-refractivity contribution in [2.45, 2.75) is 12.5 Å². The summed E-state index contributed by atoms with van der Waals surface area (Å²) in [5.74, 6) is -0.685. The molecule has 0 bridgehead atoms. The molecule has 1 atom stereocenters. The number of fused-ring (bicyclic) bond motifs is 1. The van der Waals surface area contributed by atoms with Crippen molar-refractivity contribution in [3.63, 3.8) is 0 Å². The molecule has 1 aliphatic heterocycles. The molecule has 0 aromatic heterocycles. The second-order valence-corrected chi connectivity index (χ2v) is 8.10. The Morgan fingerprint density at radius 1 is 1.06 bits per heavy atom. The minimum absolute atomic E-state index is 0.0210. The lowest BCUT2D eigenvalue weighted by Crippen LogP contribution is -2.39. The quantitative estimate of drug-likeness (QED) is 0.579. The van der Waals surface area contributed by atoms with Gasteiger partial charge in [-0.3, -0.25) is 4.79 Å². The number of halogens is 1. The van der Waals surface area contributed by atoms with E-state index in [1.807, 2.05) is 20.2 Å². The predicted octanol–water partition coefficient (Wildman–Crippen LogP) is 4.19. The molecule has 3 aromatic carbocycles. The molecule has 4 rings (SSSR count). The molecule has 166 valence electrons. The van der Waals surface area contributed by atoms with E-state index in [-0.39, 0.29) is 24.3 Å². The largest absolute Gasteiger partial charge is 0.481 e. The molecule has 0 aliphatic carbocycles. The molecule has 1 amide bonds. The molecular weight excluding hydrogens is 405 g/mol. The van der Waals surface area contributed by atoms with E-state index in [2.05, 4.69) is 57.6 Å². The van der Waals surface area contributed by atoms with Crippen LogP contribution >= 0.6 is 0 Å². The molecule has 0 fully saturated rings. The van der Waals surface area contributed by atoms with Crippen molar-refractivity contribution in [2.24, 2.45) is 0 Å². The van der Waals surface area contributed by atoms with E-state index in [0.717, 1.165) is 24.2 Å². The van der Waals surface area contributed by atoms with Gasteiger partial charge in [0.25, 0.3) is 5.91 Å². The highest BCUT2D eigenvalue weighted by atomic mass is 19.1. The summed E-state index contributed by atoms with van der Waals surface area (Å²) in [5, 5.41) is 2.98. The average Bonchev–Trinajstić information content (AvgIpc) is 3.23. The van der Waals surface area contributed by atoms with Crippen LogP contribution in [-0.2, 0) is 11.2 Å². The summed E-state index contributed by atoms with van der Waals surface area (Å²) in [4.78, 5) is 16.9. The van der Waals surface area contributed by atoms with Crippen LogP contribution in [0, 0.1) is 5.82 Å². The van der Waals surface area contributed by atoms with Gasteiger partial charge in [0.15, 0.2) is 18.2 Å². The number of hydrogen-bond donors (Lipinski definition) is 1. The van der Waals surface area contributed by atoms with Gasteiger partial charge in [-0.05, 0) is 47.9 Å². The van der Waals surface area contributed by atoms with E-state index in [4.69, 9.17) is 4.74 Å². The normalized spacial score (nSPS) is 13.4. The van der Waals surface area contributed by atoms with Crippen LogP contribution in [0.3, 0.4) is 0 Å². The number of anilines is 2. The first kappa shape index (κ1) is 21.7. The zero-order valence-corrected chi connectivity index (χ0v) is 18.4. The number of nitrogens with zero attached hydrogens (tertiary/aromatic N) is 2. The van der Waals surface area contributed by atoms with Gasteiger partial charge in [0, 0.05) is 38.6 Å². The summed E-state index contributed by atoms with van der Waals surface area (Å²) >= 11 is 0. The van der Waals surface area contributed by atoms with Crippen molar-refractivity contribution in [3.05, 3.63) is 89.7 Å². The van der Waals surface area contributed by atoms with Crippen LogP contribution in [0.15, 0.2) is 72.8 Å². The maximum absolute atomic E-state index is 13.7. The van der Waals surface area contributed by atoms with Gasteiger partial charge in [-0.25, -0.2) is 4.39 Å². The molecule has 5 nitrogen and oxygen atoms in total. The number of rotatable bonds is 8. The highest BCUT2D eigenvalue weighted by Crippen LogP contribution is 2.35. The first-order valence-electron chi connectivity index (χ1n) is 10.8. The van der Waals surface area contributed by atoms with Crippen molar-refractivity contribution in [3.8, 4) is 5.75 Å². The second kappa shape index (κ2) is 9.73. The van der Waals surface area contributed by atoms with Gasteiger partial charge in [0.2, 0.25) is 0 Å². The second-order valence-electron chi connectivity index (χ2n) is 8.10. The molecule has 1 N–H and O–H groups in total. The van der Waals surface area contributed by atoms with Gasteiger partial charge in [0.05, 0.1) is 6.04 Å². The number of carbonyl (C=O) groups is 1. The third-order valence-electron chi connectivity index (χ3n) is 5.78. The highest BCUT2D eigenvalue weighted by molar-refractivity contribution is 5.77. The Balaban J connectivity index is 1.48. The Labute approximate surface area is 188 Å². The van der Waals surface area contributed by atoms with Gasteiger partial charge in [-0.2, -0.15) is 0 Å². The Morgan fingerprint density at radius 3 is 2.53 bits per heavy atom. The van der Waals surface area contributed by atoms with E-state index in [1.165, 1.54) is 23.4 Å². The maximum Gasteiger partial charge on any atom is 0.258 e. The third kappa shape index (κ3) is 4.85. The molecule has 0 radical (unpaired) electrons. The van der Waals surface area contributed by atoms with Crippen molar-refractivity contribution in [2.75, 3.05) is 43.6 Å². The van der Waals surface area contributed by atoms with Gasteiger partial charge < -0.3 is 19.9 Å². The van der Waals surface area contributed by atoms with Crippen molar-refractivity contribution < 1.29 is 13.9 Å². The molecule has 0 saturated heterocycles. The fourth-order valence-electron chi connectivity index (χ4n) is 4.06. The fraction of sp³-hybridized carbons (Fsp3) is 0.269. The summed E-state index contributed by atoms with van der Waals surface area (Å²) in [7, 11) is 4.03. The summed E-state index contributed by atoms with van der Waals surface area (Å²) in [5.41, 5.74) is 4.77. The van der Waals surface area contributed by atoms with E-state index in [1.54, 1.807) is 12.1 Å². The zero-order valence-electron chi connectivity index (χ0n) is 18.4. The number of amides is 1. The Bertz CT molecular complexity index is 1070. The van der Waals surface area contributed by atoms with Crippen LogP contribution in [0.4, 0.5) is 15.8 Å². The van der Waals surface area contributed by atoms with E-state index in [9.17, 15) is 9.18 Å². The standard InChI is InChI=1S/C26H28FN3O2/c1-29(2)21-13-11-20(12-14-21)24(30-16-15-19-7-3-5-9-23(19)30)17-28-26(31)18-32-25-10-6-4-8-22(25)27/h3-14,24H,15-18H2,1-2H3,(H,28,31)/t24-/m1/s1. The van der Waals surface area contributed by atoms with Gasteiger partial charge >= 0.3 is 0 Å². The summed E-state index contributed by atoms with van der Waals surface area (Å²) < 4.78 is 19.1. The molecule has 0 saturated carbocycles.